The van der Waals surface area contributed by atoms with Crippen molar-refractivity contribution in [1.29, 1.82) is 0 Å². The van der Waals surface area contributed by atoms with Crippen LogP contribution in [-0.4, -0.2) is 16.8 Å². The van der Waals surface area contributed by atoms with Crippen molar-refractivity contribution in [3.05, 3.63) is 31.4 Å². The minimum atomic E-state index is -6.00. The molecule has 0 saturated heterocycles. The van der Waals surface area contributed by atoms with Gasteiger partial charge in [0.15, 0.2) is 0 Å². The van der Waals surface area contributed by atoms with Crippen molar-refractivity contribution in [2.45, 2.75) is 32.2 Å². The molecule has 0 radical (unpaired) electrons. The number of hydrogen-bond donors (Lipinski definition) is 0. The van der Waals surface area contributed by atoms with Gasteiger partial charge in [0, 0.05) is 18.4 Å². The summed E-state index contributed by atoms with van der Waals surface area (Å²) in [7, 11) is -6.00. The van der Waals surface area contributed by atoms with E-state index in [4.69, 9.17) is 0 Å². The number of nitrogens with zero attached hydrogens (tertiary/aromatic N) is 2. The molecular formula is C10H16BF4N2-. The van der Waals surface area contributed by atoms with Gasteiger partial charge in [-0.2, -0.15) is 0 Å². The summed E-state index contributed by atoms with van der Waals surface area (Å²) in [5.74, 6) is 0. The first-order chi connectivity index (χ1) is 7.88. The number of hydrogen-bond acceptors (Lipinski definition) is 1. The highest BCUT2D eigenvalue weighted by Crippen LogP contribution is 2.17. The fourth-order valence-electron chi connectivity index (χ4n) is 1.40. The lowest BCUT2D eigenvalue weighted by molar-refractivity contribution is 0.368. The predicted molar refractivity (Wildman–Crippen MR) is 61.2 cm³/mol. The minimum absolute atomic E-state index is 0.551. The lowest BCUT2D eigenvalue weighted by Gasteiger charge is -2.14. The second-order valence-electron chi connectivity index (χ2n) is 3.47. The van der Waals surface area contributed by atoms with E-state index in [1.54, 1.807) is 0 Å². The standard InChI is InChI=1S/C10H16N2.BF4/c1-3-5-10(6-4-2)12-8-7-11-9-12;2-1(3,4)5/h3,7-10H,1,4-6H2,2H3;/q;-1. The number of aromatic nitrogens is 2. The third kappa shape index (κ3) is 9.65. The second-order valence-corrected chi connectivity index (χ2v) is 3.47. The van der Waals surface area contributed by atoms with Crippen LogP contribution in [0.5, 0.6) is 0 Å². The Kier molecular flexibility index (Phi) is 7.33. The van der Waals surface area contributed by atoms with E-state index < -0.39 is 7.25 Å². The Bertz CT molecular complexity index is 292. The highest BCUT2D eigenvalue weighted by molar-refractivity contribution is 6.50. The number of halogens is 4. The Labute approximate surface area is 98.5 Å². The van der Waals surface area contributed by atoms with Gasteiger partial charge in [-0.05, 0) is 12.8 Å². The highest BCUT2D eigenvalue weighted by Gasteiger charge is 2.20. The van der Waals surface area contributed by atoms with Crippen molar-refractivity contribution in [2.75, 3.05) is 0 Å². The van der Waals surface area contributed by atoms with Crippen LogP contribution in [0, 0.1) is 0 Å². The van der Waals surface area contributed by atoms with Gasteiger partial charge in [0.2, 0.25) is 0 Å². The van der Waals surface area contributed by atoms with Crippen LogP contribution < -0.4 is 0 Å². The van der Waals surface area contributed by atoms with E-state index in [2.05, 4.69) is 23.1 Å². The monoisotopic (exact) mass is 251 g/mol. The Morgan fingerprint density at radius 2 is 2.00 bits per heavy atom. The van der Waals surface area contributed by atoms with Gasteiger partial charge in [-0.15, -0.1) is 6.58 Å². The summed E-state index contributed by atoms with van der Waals surface area (Å²) in [4.78, 5) is 4.04. The first-order valence-electron chi connectivity index (χ1n) is 5.34. The average molecular weight is 251 g/mol. The summed E-state index contributed by atoms with van der Waals surface area (Å²) < 4.78 is 41.2. The molecule has 0 saturated carbocycles. The molecule has 1 heterocycles. The molecule has 1 aromatic rings. The van der Waals surface area contributed by atoms with Crippen molar-refractivity contribution in [3.8, 4) is 0 Å². The number of imidazole rings is 1. The largest absolute Gasteiger partial charge is 0.673 e. The molecule has 0 aliphatic heterocycles. The first-order valence-corrected chi connectivity index (χ1v) is 5.34. The molecule has 1 unspecified atom stereocenters. The van der Waals surface area contributed by atoms with E-state index in [1.807, 2.05) is 24.8 Å². The fourth-order valence-corrected chi connectivity index (χ4v) is 1.40. The minimum Gasteiger partial charge on any atom is -0.418 e. The Morgan fingerprint density at radius 3 is 2.35 bits per heavy atom. The van der Waals surface area contributed by atoms with Crippen molar-refractivity contribution in [2.24, 2.45) is 0 Å². The lowest BCUT2D eigenvalue weighted by Crippen LogP contribution is -2.05. The Morgan fingerprint density at radius 1 is 1.41 bits per heavy atom. The average Bonchev–Trinajstić information content (AvgIpc) is 2.67. The van der Waals surface area contributed by atoms with Gasteiger partial charge >= 0.3 is 7.25 Å². The maximum absolute atomic E-state index is 9.75. The summed E-state index contributed by atoms with van der Waals surface area (Å²) in [5.41, 5.74) is 0. The van der Waals surface area contributed by atoms with Crippen molar-refractivity contribution in [1.82, 2.24) is 9.55 Å². The number of allylic oxidation sites excluding steroid dienone is 1. The van der Waals surface area contributed by atoms with Crippen LogP contribution in [0.1, 0.15) is 32.2 Å². The molecule has 0 N–H and O–H groups in total. The second kappa shape index (κ2) is 7.92. The van der Waals surface area contributed by atoms with Gasteiger partial charge in [0.05, 0.1) is 6.33 Å². The third-order valence-corrected chi connectivity index (χ3v) is 2.01. The first kappa shape index (κ1) is 15.7. The van der Waals surface area contributed by atoms with Crippen LogP contribution in [0.4, 0.5) is 17.3 Å². The Balaban J connectivity index is 0.000000437. The molecule has 0 bridgehead atoms. The smallest absolute Gasteiger partial charge is 0.418 e. The molecule has 17 heavy (non-hydrogen) atoms. The zero-order chi connectivity index (χ0) is 13.3. The molecule has 2 nitrogen and oxygen atoms in total. The van der Waals surface area contributed by atoms with Crippen molar-refractivity contribution < 1.29 is 17.3 Å². The van der Waals surface area contributed by atoms with Gasteiger partial charge in [0.1, 0.15) is 0 Å². The SMILES string of the molecule is C=CCC(CCC)n1ccnc1.F[B-](F)(F)F. The summed E-state index contributed by atoms with van der Waals surface area (Å²) >= 11 is 0. The molecule has 98 valence electrons. The molecule has 0 aliphatic carbocycles. The highest BCUT2D eigenvalue weighted by atomic mass is 19.5. The third-order valence-electron chi connectivity index (χ3n) is 2.01. The van der Waals surface area contributed by atoms with Crippen molar-refractivity contribution >= 4 is 7.25 Å². The van der Waals surface area contributed by atoms with E-state index >= 15 is 0 Å². The maximum Gasteiger partial charge on any atom is 0.673 e. The van der Waals surface area contributed by atoms with E-state index in [9.17, 15) is 17.3 Å². The summed E-state index contributed by atoms with van der Waals surface area (Å²) in [6.45, 7) is 5.96. The van der Waals surface area contributed by atoms with E-state index in [1.165, 1.54) is 12.8 Å². The molecule has 1 atom stereocenters. The molecule has 0 fully saturated rings. The van der Waals surface area contributed by atoms with Crippen LogP contribution in [0.25, 0.3) is 0 Å². The van der Waals surface area contributed by atoms with Gasteiger partial charge in [-0.3, -0.25) is 0 Å². The van der Waals surface area contributed by atoms with Crippen LogP contribution in [0.2, 0.25) is 0 Å². The van der Waals surface area contributed by atoms with E-state index in [0.717, 1.165) is 6.42 Å². The fraction of sp³-hybridized carbons (Fsp3) is 0.500. The normalized spacial score (nSPS) is 12.5. The molecule has 0 aromatic carbocycles. The van der Waals surface area contributed by atoms with Gasteiger partial charge < -0.3 is 21.8 Å². The van der Waals surface area contributed by atoms with Crippen LogP contribution in [-0.2, 0) is 0 Å². The van der Waals surface area contributed by atoms with Crippen LogP contribution >= 0.6 is 0 Å². The molecule has 7 heteroatoms. The predicted octanol–water partition coefficient (Wildman–Crippen LogP) is 4.10. The summed E-state index contributed by atoms with van der Waals surface area (Å²) in [6, 6.07) is 0.551. The topological polar surface area (TPSA) is 17.8 Å². The Hall–Kier alpha value is -1.27. The van der Waals surface area contributed by atoms with Gasteiger partial charge in [0.25, 0.3) is 0 Å². The molecular weight excluding hydrogens is 235 g/mol. The van der Waals surface area contributed by atoms with Gasteiger partial charge in [-0.25, -0.2) is 4.98 Å². The zero-order valence-corrected chi connectivity index (χ0v) is 9.70. The zero-order valence-electron chi connectivity index (χ0n) is 9.70. The van der Waals surface area contributed by atoms with E-state index in [0.29, 0.717) is 6.04 Å². The molecule has 0 aliphatic rings. The molecule has 0 amide bonds. The lowest BCUT2D eigenvalue weighted by atomic mass is 10.1. The van der Waals surface area contributed by atoms with Crippen LogP contribution in [0.15, 0.2) is 31.4 Å². The van der Waals surface area contributed by atoms with Crippen molar-refractivity contribution in [3.63, 3.8) is 0 Å². The maximum atomic E-state index is 9.75. The molecule has 0 spiro atoms. The summed E-state index contributed by atoms with van der Waals surface area (Å²) in [5, 5.41) is 0. The molecule has 1 rings (SSSR count). The molecule has 1 aromatic heterocycles. The number of rotatable bonds is 5. The van der Waals surface area contributed by atoms with Crippen LogP contribution in [0.3, 0.4) is 0 Å². The quantitative estimate of drug-likeness (QED) is 0.437. The van der Waals surface area contributed by atoms with Gasteiger partial charge in [-0.1, -0.05) is 19.4 Å². The summed E-state index contributed by atoms with van der Waals surface area (Å²) in [6.07, 6.45) is 11.1. The van der Waals surface area contributed by atoms with E-state index in [-0.39, 0.29) is 0 Å².